The fourth-order valence-corrected chi connectivity index (χ4v) is 2.20. The van der Waals surface area contributed by atoms with E-state index in [1.165, 1.54) is 0 Å². The Morgan fingerprint density at radius 2 is 1.95 bits per heavy atom. The second-order valence-corrected chi connectivity index (χ2v) is 5.63. The zero-order chi connectivity index (χ0) is 16.4. The quantitative estimate of drug-likeness (QED) is 0.712. The van der Waals surface area contributed by atoms with Gasteiger partial charge in [0.2, 0.25) is 5.91 Å². The monoisotopic (exact) mass is 305 g/mol. The van der Waals surface area contributed by atoms with Crippen molar-refractivity contribution in [3.8, 4) is 5.75 Å². The average molecular weight is 305 g/mol. The van der Waals surface area contributed by atoms with Gasteiger partial charge in [-0.1, -0.05) is 26.0 Å². The summed E-state index contributed by atoms with van der Waals surface area (Å²) in [6, 6.07) is 7.69. The molecule has 0 saturated carbocycles. The summed E-state index contributed by atoms with van der Waals surface area (Å²) in [7, 11) is 1.65. The molecule has 0 heterocycles. The molecule has 1 amide bonds. The summed E-state index contributed by atoms with van der Waals surface area (Å²) in [4.78, 5) is 12.0. The second-order valence-electron chi connectivity index (χ2n) is 5.63. The van der Waals surface area contributed by atoms with Gasteiger partial charge in [-0.2, -0.15) is 0 Å². The Labute approximate surface area is 133 Å². The highest BCUT2D eigenvalue weighted by molar-refractivity contribution is 5.91. The molecular formula is C18H27NO3. The molecule has 1 N–H and O–H groups in total. The van der Waals surface area contributed by atoms with Crippen molar-refractivity contribution in [3.05, 3.63) is 35.9 Å². The molecule has 1 aromatic rings. The molecule has 4 heteroatoms. The Morgan fingerprint density at radius 1 is 1.27 bits per heavy atom. The lowest BCUT2D eigenvalue weighted by atomic mass is 10.0. The van der Waals surface area contributed by atoms with E-state index in [2.05, 4.69) is 19.2 Å². The van der Waals surface area contributed by atoms with Crippen LogP contribution in [-0.2, 0) is 9.53 Å². The molecule has 0 aromatic heterocycles. The molecule has 0 fully saturated rings. The van der Waals surface area contributed by atoms with E-state index in [9.17, 15) is 4.79 Å². The van der Waals surface area contributed by atoms with E-state index in [1.807, 2.05) is 31.2 Å². The lowest BCUT2D eigenvalue weighted by Gasteiger charge is -2.18. The Morgan fingerprint density at radius 3 is 2.50 bits per heavy atom. The number of hydrogen-bond donors (Lipinski definition) is 1. The number of methoxy groups -OCH3 is 1. The van der Waals surface area contributed by atoms with Crippen LogP contribution in [0.5, 0.6) is 5.75 Å². The molecule has 22 heavy (non-hydrogen) atoms. The third-order valence-corrected chi connectivity index (χ3v) is 3.09. The molecule has 0 aliphatic rings. The highest BCUT2D eigenvalue weighted by atomic mass is 16.5. The Balaban J connectivity index is 2.54. The van der Waals surface area contributed by atoms with E-state index in [0.29, 0.717) is 19.1 Å². The number of hydrogen-bond acceptors (Lipinski definition) is 3. The van der Waals surface area contributed by atoms with Gasteiger partial charge in [0.05, 0.1) is 19.3 Å². The van der Waals surface area contributed by atoms with E-state index in [0.717, 1.165) is 17.7 Å². The van der Waals surface area contributed by atoms with Crippen molar-refractivity contribution < 1.29 is 14.3 Å². The fraction of sp³-hybridized carbons (Fsp3) is 0.500. The molecule has 1 aromatic carbocycles. The summed E-state index contributed by atoms with van der Waals surface area (Å²) in [5.41, 5.74) is 0.964. The van der Waals surface area contributed by atoms with Crippen LogP contribution >= 0.6 is 0 Å². The van der Waals surface area contributed by atoms with Gasteiger partial charge < -0.3 is 14.8 Å². The third kappa shape index (κ3) is 7.27. The molecule has 0 aliphatic carbocycles. The van der Waals surface area contributed by atoms with Gasteiger partial charge >= 0.3 is 0 Å². The van der Waals surface area contributed by atoms with Crippen LogP contribution < -0.4 is 10.1 Å². The van der Waals surface area contributed by atoms with Gasteiger partial charge in [-0.15, -0.1) is 0 Å². The number of rotatable bonds is 9. The van der Waals surface area contributed by atoms with Crippen molar-refractivity contribution >= 4 is 12.0 Å². The lowest BCUT2D eigenvalue weighted by Crippen LogP contribution is -2.38. The predicted molar refractivity (Wildman–Crippen MR) is 89.9 cm³/mol. The molecule has 1 unspecified atom stereocenters. The molecule has 0 aliphatic heterocycles. The first-order chi connectivity index (χ1) is 10.5. The maximum Gasteiger partial charge on any atom is 0.244 e. The standard InChI is InChI=1S/C18H27NO3/c1-5-22-17-9-6-15(7-10-17)8-11-18(20)19-16(13-21-4)12-14(2)3/h6-11,14,16H,5,12-13H2,1-4H3,(H,19,20). The number of benzene rings is 1. The van der Waals surface area contributed by atoms with Crippen molar-refractivity contribution in [1.82, 2.24) is 5.32 Å². The van der Waals surface area contributed by atoms with Gasteiger partial charge in [-0.3, -0.25) is 4.79 Å². The van der Waals surface area contributed by atoms with Crippen LogP contribution in [0.3, 0.4) is 0 Å². The van der Waals surface area contributed by atoms with E-state index in [1.54, 1.807) is 19.3 Å². The maximum absolute atomic E-state index is 12.0. The van der Waals surface area contributed by atoms with Crippen LogP contribution in [0.4, 0.5) is 0 Å². The second kappa shape index (κ2) is 10.0. The van der Waals surface area contributed by atoms with Crippen molar-refractivity contribution in [1.29, 1.82) is 0 Å². The van der Waals surface area contributed by atoms with E-state index in [4.69, 9.17) is 9.47 Å². The normalized spacial score (nSPS) is 12.6. The van der Waals surface area contributed by atoms with Crippen molar-refractivity contribution in [3.63, 3.8) is 0 Å². The summed E-state index contributed by atoms with van der Waals surface area (Å²) < 4.78 is 10.5. The molecule has 0 radical (unpaired) electrons. The first-order valence-electron chi connectivity index (χ1n) is 7.75. The largest absolute Gasteiger partial charge is 0.494 e. The van der Waals surface area contributed by atoms with E-state index >= 15 is 0 Å². The number of nitrogens with one attached hydrogen (secondary N) is 1. The number of carbonyl (C=O) groups is 1. The van der Waals surface area contributed by atoms with Gasteiger partial charge in [-0.25, -0.2) is 0 Å². The van der Waals surface area contributed by atoms with Crippen LogP contribution in [0.1, 0.15) is 32.8 Å². The van der Waals surface area contributed by atoms with Gasteiger partial charge in [-0.05, 0) is 43.0 Å². The average Bonchev–Trinajstić information content (AvgIpc) is 2.46. The SMILES string of the molecule is CCOc1ccc(C=CC(=O)NC(COC)CC(C)C)cc1. The highest BCUT2D eigenvalue weighted by Gasteiger charge is 2.12. The Hall–Kier alpha value is -1.81. The minimum Gasteiger partial charge on any atom is -0.494 e. The Kier molecular flexibility index (Phi) is 8.30. The Bertz CT molecular complexity index is 466. The lowest BCUT2D eigenvalue weighted by molar-refractivity contribution is -0.117. The summed E-state index contributed by atoms with van der Waals surface area (Å²) in [5.74, 6) is 1.24. The molecule has 4 nitrogen and oxygen atoms in total. The van der Waals surface area contributed by atoms with Crippen LogP contribution in [0.25, 0.3) is 6.08 Å². The van der Waals surface area contributed by atoms with Gasteiger partial charge in [0, 0.05) is 13.2 Å². The van der Waals surface area contributed by atoms with E-state index in [-0.39, 0.29) is 11.9 Å². The molecule has 0 saturated heterocycles. The molecule has 1 atom stereocenters. The van der Waals surface area contributed by atoms with Crippen LogP contribution in [0.15, 0.2) is 30.3 Å². The van der Waals surface area contributed by atoms with Crippen LogP contribution in [-0.4, -0.2) is 32.3 Å². The summed E-state index contributed by atoms with van der Waals surface area (Å²) >= 11 is 0. The van der Waals surface area contributed by atoms with Crippen molar-refractivity contribution in [2.45, 2.75) is 33.2 Å². The first-order valence-corrected chi connectivity index (χ1v) is 7.75. The minimum atomic E-state index is -0.100. The third-order valence-electron chi connectivity index (χ3n) is 3.09. The predicted octanol–water partition coefficient (Wildman–Crippen LogP) is 3.28. The number of ether oxygens (including phenoxy) is 2. The van der Waals surface area contributed by atoms with Crippen LogP contribution in [0.2, 0.25) is 0 Å². The maximum atomic E-state index is 12.0. The summed E-state index contributed by atoms with van der Waals surface area (Å²) in [6.45, 7) is 7.38. The smallest absolute Gasteiger partial charge is 0.244 e. The van der Waals surface area contributed by atoms with Crippen molar-refractivity contribution in [2.75, 3.05) is 20.3 Å². The van der Waals surface area contributed by atoms with E-state index < -0.39 is 0 Å². The van der Waals surface area contributed by atoms with Gasteiger partial charge in [0.1, 0.15) is 5.75 Å². The first kappa shape index (κ1) is 18.2. The summed E-state index contributed by atoms with van der Waals surface area (Å²) in [5, 5.41) is 2.98. The topological polar surface area (TPSA) is 47.6 Å². The molecule has 0 spiro atoms. The molecule has 0 bridgehead atoms. The molecule has 122 valence electrons. The minimum absolute atomic E-state index is 0.0440. The number of amides is 1. The zero-order valence-electron chi connectivity index (χ0n) is 14.0. The molecular weight excluding hydrogens is 278 g/mol. The number of carbonyl (C=O) groups excluding carboxylic acids is 1. The fourth-order valence-electron chi connectivity index (χ4n) is 2.20. The highest BCUT2D eigenvalue weighted by Crippen LogP contribution is 2.13. The summed E-state index contributed by atoms with van der Waals surface area (Å²) in [6.07, 6.45) is 4.25. The van der Waals surface area contributed by atoms with Gasteiger partial charge in [0.15, 0.2) is 0 Å². The van der Waals surface area contributed by atoms with Crippen molar-refractivity contribution in [2.24, 2.45) is 5.92 Å². The molecule has 1 rings (SSSR count). The van der Waals surface area contributed by atoms with Crippen LogP contribution in [0, 0.1) is 5.92 Å². The van der Waals surface area contributed by atoms with Gasteiger partial charge in [0.25, 0.3) is 0 Å². The zero-order valence-corrected chi connectivity index (χ0v) is 14.0.